The molecule has 3 rings (SSSR count). The number of amides is 1. The van der Waals surface area contributed by atoms with Gasteiger partial charge in [-0.15, -0.1) is 11.3 Å². The molecule has 1 aromatic heterocycles. The number of benzene rings is 1. The average molecular weight is 510 g/mol. The van der Waals surface area contributed by atoms with Crippen LogP contribution < -0.4 is 5.32 Å². The van der Waals surface area contributed by atoms with Crippen LogP contribution in [-0.2, 0) is 25.5 Å². The van der Waals surface area contributed by atoms with Crippen molar-refractivity contribution in [3.8, 4) is 6.07 Å². The molecule has 192 valence electrons. The molecule has 8 heteroatoms. The lowest BCUT2D eigenvalue weighted by molar-refractivity contribution is -0.130. The number of hydrogen-bond acceptors (Lipinski definition) is 7. The highest BCUT2D eigenvalue weighted by Crippen LogP contribution is 2.29. The quantitative estimate of drug-likeness (QED) is 0.322. The van der Waals surface area contributed by atoms with E-state index in [0.717, 1.165) is 28.1 Å². The van der Waals surface area contributed by atoms with Gasteiger partial charge in [-0.05, 0) is 55.7 Å². The third-order valence-electron chi connectivity index (χ3n) is 6.77. The molecule has 1 aliphatic heterocycles. The van der Waals surface area contributed by atoms with E-state index in [-0.39, 0.29) is 47.8 Å². The molecule has 0 aliphatic carbocycles. The first kappa shape index (κ1) is 27.7. The normalized spacial score (nSPS) is 15.9. The van der Waals surface area contributed by atoms with Crippen molar-refractivity contribution >= 4 is 39.0 Å². The zero-order valence-electron chi connectivity index (χ0n) is 21.3. The van der Waals surface area contributed by atoms with Crippen molar-refractivity contribution in [2.45, 2.75) is 71.3 Å². The number of nitrogens with one attached hydrogen (secondary N) is 1. The highest BCUT2D eigenvalue weighted by molar-refractivity contribution is 7.18. The third kappa shape index (κ3) is 7.55. The van der Waals surface area contributed by atoms with Gasteiger partial charge in [0.05, 0.1) is 26.7 Å². The van der Waals surface area contributed by atoms with Crippen molar-refractivity contribution in [1.82, 2.24) is 10.3 Å². The number of carbonyl (C=O) groups is 3. The zero-order valence-corrected chi connectivity index (χ0v) is 22.2. The maximum Gasteiger partial charge on any atom is 0.224 e. The standard InChI is InChI=1S/C28H35N3O4S/c1-17(2)21-5-6-24-26(14-21)36-27(30-24)15-22(13-19(4)32)28(34)31-23(20-9-11-35-12-10-20)7-8-25(33)18(3)16-29/h5-6,14,17,20,22-23H,3,7-13,15H2,1-2,4H3,(H,31,34)/t22-,23+/m0/s1. The number of thiazole rings is 1. The van der Waals surface area contributed by atoms with Gasteiger partial charge < -0.3 is 14.8 Å². The lowest BCUT2D eigenvalue weighted by atomic mass is 9.87. The minimum atomic E-state index is -0.542. The second-order valence-corrected chi connectivity index (χ2v) is 11.0. The van der Waals surface area contributed by atoms with Crippen LogP contribution in [0.2, 0.25) is 0 Å². The number of carbonyl (C=O) groups excluding carboxylic acids is 3. The molecular formula is C28H35N3O4S. The molecule has 0 spiro atoms. The van der Waals surface area contributed by atoms with Gasteiger partial charge in [0, 0.05) is 38.5 Å². The molecule has 2 heterocycles. The Labute approximate surface area is 216 Å². The monoisotopic (exact) mass is 509 g/mol. The molecule has 1 amide bonds. The Kier molecular flexibility index (Phi) is 9.91. The first-order valence-electron chi connectivity index (χ1n) is 12.6. The largest absolute Gasteiger partial charge is 0.381 e. The molecule has 1 N–H and O–H groups in total. The lowest BCUT2D eigenvalue weighted by Crippen LogP contribution is -2.45. The maximum absolute atomic E-state index is 13.5. The van der Waals surface area contributed by atoms with Crippen molar-refractivity contribution in [3.63, 3.8) is 0 Å². The number of allylic oxidation sites excluding steroid dienone is 1. The molecule has 7 nitrogen and oxygen atoms in total. The Morgan fingerprint density at radius 1 is 1.28 bits per heavy atom. The summed E-state index contributed by atoms with van der Waals surface area (Å²) in [5.74, 6) is -0.521. The molecule has 36 heavy (non-hydrogen) atoms. The van der Waals surface area contributed by atoms with Gasteiger partial charge in [-0.25, -0.2) is 4.98 Å². The second-order valence-electron chi connectivity index (χ2n) is 9.91. The summed E-state index contributed by atoms with van der Waals surface area (Å²) in [7, 11) is 0. The summed E-state index contributed by atoms with van der Waals surface area (Å²) in [5, 5.41) is 12.9. The Morgan fingerprint density at radius 3 is 2.64 bits per heavy atom. The van der Waals surface area contributed by atoms with Crippen LogP contribution in [-0.4, -0.2) is 41.7 Å². The SMILES string of the molecule is C=C(C#N)C(=O)CC[C@@H](NC(=O)[C@@H](CC(C)=O)Cc1nc2ccc(C(C)C)cc2s1)C1CCOCC1. The van der Waals surface area contributed by atoms with E-state index >= 15 is 0 Å². The van der Waals surface area contributed by atoms with Gasteiger partial charge in [-0.3, -0.25) is 9.59 Å². The fourth-order valence-electron chi connectivity index (χ4n) is 4.60. The van der Waals surface area contributed by atoms with Crippen molar-refractivity contribution in [3.05, 3.63) is 40.9 Å². The average Bonchev–Trinajstić information content (AvgIpc) is 3.27. The van der Waals surface area contributed by atoms with Gasteiger partial charge in [0.2, 0.25) is 5.91 Å². The van der Waals surface area contributed by atoms with Gasteiger partial charge in [0.15, 0.2) is 5.78 Å². The van der Waals surface area contributed by atoms with Crippen LogP contribution in [0.3, 0.4) is 0 Å². The molecular weight excluding hydrogens is 474 g/mol. The maximum atomic E-state index is 13.5. The number of hydrogen-bond donors (Lipinski definition) is 1. The van der Waals surface area contributed by atoms with Crippen molar-refractivity contribution < 1.29 is 19.1 Å². The number of Topliss-reactive ketones (excluding diaryl/α,β-unsaturated/α-hetero) is 2. The summed E-state index contributed by atoms with van der Waals surface area (Å²) < 4.78 is 6.56. The topological polar surface area (TPSA) is 109 Å². The number of nitrogens with zero attached hydrogens (tertiary/aromatic N) is 2. The van der Waals surface area contributed by atoms with E-state index in [2.05, 4.69) is 37.9 Å². The minimum Gasteiger partial charge on any atom is -0.381 e. The van der Waals surface area contributed by atoms with E-state index in [4.69, 9.17) is 15.0 Å². The van der Waals surface area contributed by atoms with Crippen LogP contribution >= 0.6 is 11.3 Å². The Balaban J connectivity index is 1.76. The van der Waals surface area contributed by atoms with Crippen LogP contribution in [0.25, 0.3) is 10.2 Å². The number of nitriles is 1. The van der Waals surface area contributed by atoms with Crippen LogP contribution in [0.15, 0.2) is 30.4 Å². The molecule has 2 aromatic rings. The molecule has 0 unspecified atom stereocenters. The van der Waals surface area contributed by atoms with Crippen LogP contribution in [0.4, 0.5) is 0 Å². The zero-order chi connectivity index (χ0) is 26.2. The fraction of sp³-hybridized carbons (Fsp3) is 0.536. The first-order chi connectivity index (χ1) is 17.2. The number of aromatic nitrogens is 1. The van der Waals surface area contributed by atoms with Crippen LogP contribution in [0, 0.1) is 23.2 Å². The molecule has 1 saturated heterocycles. The van der Waals surface area contributed by atoms with Crippen molar-refractivity contribution in [1.29, 1.82) is 5.26 Å². The highest BCUT2D eigenvalue weighted by atomic mass is 32.1. The second kappa shape index (κ2) is 12.9. The lowest BCUT2D eigenvalue weighted by Gasteiger charge is -2.32. The first-order valence-corrected chi connectivity index (χ1v) is 13.4. The molecule has 2 atom stereocenters. The third-order valence-corrected chi connectivity index (χ3v) is 7.81. The molecule has 1 aromatic carbocycles. The van der Waals surface area contributed by atoms with Gasteiger partial charge in [0.1, 0.15) is 11.9 Å². The van der Waals surface area contributed by atoms with Gasteiger partial charge in [0.25, 0.3) is 0 Å². The molecule has 1 fully saturated rings. The van der Waals surface area contributed by atoms with Gasteiger partial charge >= 0.3 is 0 Å². The highest BCUT2D eigenvalue weighted by Gasteiger charge is 2.30. The van der Waals surface area contributed by atoms with E-state index in [1.807, 2.05) is 6.07 Å². The molecule has 0 saturated carbocycles. The number of ether oxygens (including phenoxy) is 1. The number of rotatable bonds is 12. The van der Waals surface area contributed by atoms with E-state index in [1.165, 1.54) is 12.5 Å². The van der Waals surface area contributed by atoms with Crippen molar-refractivity contribution in [2.24, 2.45) is 11.8 Å². The Morgan fingerprint density at radius 2 is 2.00 bits per heavy atom. The summed E-state index contributed by atoms with van der Waals surface area (Å²) in [6.07, 6.45) is 2.64. The Bertz CT molecular complexity index is 1160. The summed E-state index contributed by atoms with van der Waals surface area (Å²) in [6.45, 7) is 10.5. The molecule has 1 aliphatic rings. The summed E-state index contributed by atoms with van der Waals surface area (Å²) in [4.78, 5) is 42.4. The van der Waals surface area contributed by atoms with Crippen LogP contribution in [0.5, 0.6) is 0 Å². The van der Waals surface area contributed by atoms with Crippen molar-refractivity contribution in [2.75, 3.05) is 13.2 Å². The van der Waals surface area contributed by atoms with E-state index < -0.39 is 5.92 Å². The Hall–Kier alpha value is -2.89. The minimum absolute atomic E-state index is 0.0542. The van der Waals surface area contributed by atoms with Gasteiger partial charge in [-0.2, -0.15) is 5.26 Å². The summed E-state index contributed by atoms with van der Waals surface area (Å²) in [6, 6.07) is 7.80. The van der Waals surface area contributed by atoms with Gasteiger partial charge in [-0.1, -0.05) is 26.5 Å². The molecule has 0 bridgehead atoms. The summed E-state index contributed by atoms with van der Waals surface area (Å²) >= 11 is 1.56. The molecule has 0 radical (unpaired) electrons. The summed E-state index contributed by atoms with van der Waals surface area (Å²) in [5.41, 5.74) is 2.07. The smallest absolute Gasteiger partial charge is 0.224 e. The van der Waals surface area contributed by atoms with E-state index in [9.17, 15) is 14.4 Å². The predicted molar refractivity (Wildman–Crippen MR) is 141 cm³/mol. The predicted octanol–water partition coefficient (Wildman–Crippen LogP) is 4.90. The number of ketones is 2. The van der Waals surface area contributed by atoms with E-state index in [0.29, 0.717) is 32.0 Å². The number of fused-ring (bicyclic) bond motifs is 1. The van der Waals surface area contributed by atoms with E-state index in [1.54, 1.807) is 17.4 Å². The van der Waals surface area contributed by atoms with Crippen LogP contribution in [0.1, 0.15) is 69.4 Å². The fourth-order valence-corrected chi connectivity index (χ4v) is 5.69.